The lowest BCUT2D eigenvalue weighted by atomic mass is 9.94. The summed E-state index contributed by atoms with van der Waals surface area (Å²) in [6, 6.07) is 10.9. The fourth-order valence-electron chi connectivity index (χ4n) is 2.79. The molecule has 3 rings (SSSR count). The Hall–Kier alpha value is -3.01. The Labute approximate surface area is 140 Å². The van der Waals surface area contributed by atoms with E-state index in [1.807, 2.05) is 37.3 Å². The third kappa shape index (κ3) is 2.91. The van der Waals surface area contributed by atoms with Crippen molar-refractivity contribution in [1.29, 1.82) is 0 Å². The summed E-state index contributed by atoms with van der Waals surface area (Å²) in [5.74, 6) is 0.457. The molecule has 122 valence electrons. The minimum atomic E-state index is -0.940. The molecule has 0 bridgehead atoms. The molecule has 0 saturated heterocycles. The van der Waals surface area contributed by atoms with E-state index in [4.69, 9.17) is 9.47 Å². The summed E-state index contributed by atoms with van der Waals surface area (Å²) in [6.07, 6.45) is 3.62. The van der Waals surface area contributed by atoms with E-state index in [0.29, 0.717) is 24.4 Å². The zero-order chi connectivity index (χ0) is 17.1. The van der Waals surface area contributed by atoms with E-state index in [1.165, 1.54) is 0 Å². The van der Waals surface area contributed by atoms with E-state index in [-0.39, 0.29) is 5.56 Å². The van der Waals surface area contributed by atoms with Crippen LogP contribution in [0.1, 0.15) is 22.8 Å². The predicted octanol–water partition coefficient (Wildman–Crippen LogP) is 4.39. The number of aromatic carboxylic acids is 1. The highest BCUT2D eigenvalue weighted by Gasteiger charge is 2.14. The van der Waals surface area contributed by atoms with Crippen molar-refractivity contribution in [3.05, 3.63) is 77.8 Å². The van der Waals surface area contributed by atoms with Gasteiger partial charge in [0.25, 0.3) is 0 Å². The van der Waals surface area contributed by atoms with E-state index in [1.54, 1.807) is 18.2 Å². The third-order valence-electron chi connectivity index (χ3n) is 3.98. The van der Waals surface area contributed by atoms with Gasteiger partial charge in [0, 0.05) is 0 Å². The second-order valence-electron chi connectivity index (χ2n) is 5.43. The lowest BCUT2D eigenvalue weighted by Crippen LogP contribution is -2.11. The van der Waals surface area contributed by atoms with Gasteiger partial charge >= 0.3 is 5.97 Å². The summed E-state index contributed by atoms with van der Waals surface area (Å²) in [5.41, 5.74) is 2.04. The van der Waals surface area contributed by atoms with E-state index < -0.39 is 5.97 Å². The van der Waals surface area contributed by atoms with Gasteiger partial charge in [-0.05, 0) is 41.0 Å². The molecular formula is C20H18O4. The Kier molecular flexibility index (Phi) is 4.38. The maximum Gasteiger partial charge on any atom is 0.336 e. The first-order valence-electron chi connectivity index (χ1n) is 7.68. The smallest absolute Gasteiger partial charge is 0.336 e. The van der Waals surface area contributed by atoms with Crippen molar-refractivity contribution in [2.45, 2.75) is 6.92 Å². The number of hydrogen-bond donors (Lipinski definition) is 1. The molecule has 1 heterocycles. The Balaban J connectivity index is 2.19. The molecule has 0 unspecified atom stereocenters. The van der Waals surface area contributed by atoms with Gasteiger partial charge in [-0.1, -0.05) is 43.0 Å². The highest BCUT2D eigenvalue weighted by atomic mass is 16.6. The Morgan fingerprint density at radius 3 is 2.33 bits per heavy atom. The minimum Gasteiger partial charge on any atom is -0.491 e. The van der Waals surface area contributed by atoms with Crippen LogP contribution in [0.2, 0.25) is 0 Å². The quantitative estimate of drug-likeness (QED) is 0.848. The van der Waals surface area contributed by atoms with Gasteiger partial charge in [0.1, 0.15) is 19.0 Å². The highest BCUT2D eigenvalue weighted by molar-refractivity contribution is 6.07. The van der Waals surface area contributed by atoms with Gasteiger partial charge in [-0.3, -0.25) is 0 Å². The number of carboxylic acid groups (broad SMARTS) is 1. The zero-order valence-electron chi connectivity index (χ0n) is 13.4. The lowest BCUT2D eigenvalue weighted by Gasteiger charge is -2.19. The van der Waals surface area contributed by atoms with Crippen LogP contribution >= 0.6 is 0 Å². The summed E-state index contributed by atoms with van der Waals surface area (Å²) in [4.78, 5) is 11.4. The monoisotopic (exact) mass is 322 g/mol. The van der Waals surface area contributed by atoms with Crippen molar-refractivity contribution < 1.29 is 19.4 Å². The molecule has 2 aromatic carbocycles. The van der Waals surface area contributed by atoms with Gasteiger partial charge in [-0.2, -0.15) is 0 Å². The molecular weight excluding hydrogens is 304 g/mol. The second-order valence-corrected chi connectivity index (χ2v) is 5.43. The number of ether oxygens (including phenoxy) is 2. The van der Waals surface area contributed by atoms with Crippen molar-refractivity contribution in [2.24, 2.45) is 0 Å². The van der Waals surface area contributed by atoms with Gasteiger partial charge in [-0.15, -0.1) is 0 Å². The van der Waals surface area contributed by atoms with E-state index in [2.05, 4.69) is 6.58 Å². The summed E-state index contributed by atoms with van der Waals surface area (Å²) < 4.78 is 11.2. The Bertz CT molecular complexity index is 874. The number of rotatable bonds is 4. The molecule has 1 aliphatic heterocycles. The zero-order valence-corrected chi connectivity index (χ0v) is 13.4. The summed E-state index contributed by atoms with van der Waals surface area (Å²) in [7, 11) is 0. The van der Waals surface area contributed by atoms with Crippen LogP contribution < -0.4 is 0 Å². The van der Waals surface area contributed by atoms with E-state index in [9.17, 15) is 9.90 Å². The van der Waals surface area contributed by atoms with Crippen LogP contribution in [-0.4, -0.2) is 24.3 Å². The van der Waals surface area contributed by atoms with Crippen LogP contribution in [0.5, 0.6) is 0 Å². The van der Waals surface area contributed by atoms with Crippen LogP contribution in [0.15, 0.2) is 66.6 Å². The van der Waals surface area contributed by atoms with Gasteiger partial charge in [0.05, 0.1) is 5.56 Å². The van der Waals surface area contributed by atoms with Crippen molar-refractivity contribution in [2.75, 3.05) is 13.2 Å². The maximum atomic E-state index is 11.4. The first kappa shape index (κ1) is 15.9. The molecule has 0 aliphatic carbocycles. The van der Waals surface area contributed by atoms with Gasteiger partial charge in [-0.25, -0.2) is 4.79 Å². The molecule has 1 N–H and O–H groups in total. The SMILES string of the molecule is C=C/C(=C\C1=C(C)OCCO1)c1ccc(C(=O)O)c2ccccc12. The predicted molar refractivity (Wildman–Crippen MR) is 93.7 cm³/mol. The van der Waals surface area contributed by atoms with Crippen molar-refractivity contribution in [1.82, 2.24) is 0 Å². The lowest BCUT2D eigenvalue weighted by molar-refractivity contribution is 0.0699. The van der Waals surface area contributed by atoms with Gasteiger partial charge < -0.3 is 14.6 Å². The van der Waals surface area contributed by atoms with Crippen LogP contribution in [0.25, 0.3) is 16.3 Å². The average molecular weight is 322 g/mol. The largest absolute Gasteiger partial charge is 0.491 e. The molecule has 0 saturated carbocycles. The molecule has 4 nitrogen and oxygen atoms in total. The Morgan fingerprint density at radius 1 is 1.08 bits per heavy atom. The summed E-state index contributed by atoms with van der Waals surface area (Å²) in [5, 5.41) is 10.9. The topological polar surface area (TPSA) is 55.8 Å². The maximum absolute atomic E-state index is 11.4. The number of carbonyl (C=O) groups is 1. The van der Waals surface area contributed by atoms with Crippen molar-refractivity contribution in [3.8, 4) is 0 Å². The minimum absolute atomic E-state index is 0.283. The standard InChI is InChI=1S/C20H18O4/c1-3-14(12-19-13(2)23-10-11-24-19)15-8-9-18(20(21)22)17-7-5-4-6-16(15)17/h3-9,12H,1,10-11H2,2H3,(H,21,22)/b14-12+. The number of allylic oxidation sites excluding steroid dienone is 4. The molecule has 0 radical (unpaired) electrons. The summed E-state index contributed by atoms with van der Waals surface area (Å²) >= 11 is 0. The van der Waals surface area contributed by atoms with Crippen LogP contribution in [0.4, 0.5) is 0 Å². The molecule has 1 aliphatic rings. The first-order chi connectivity index (χ1) is 11.6. The average Bonchev–Trinajstić information content (AvgIpc) is 2.60. The number of carboxylic acids is 1. The fourth-order valence-corrected chi connectivity index (χ4v) is 2.79. The number of hydrogen-bond acceptors (Lipinski definition) is 3. The van der Waals surface area contributed by atoms with Gasteiger partial charge in [0.15, 0.2) is 5.76 Å². The fraction of sp³-hybridized carbons (Fsp3) is 0.150. The molecule has 0 fully saturated rings. The number of fused-ring (bicyclic) bond motifs is 1. The van der Waals surface area contributed by atoms with E-state index >= 15 is 0 Å². The van der Waals surface area contributed by atoms with Crippen LogP contribution in [0, 0.1) is 0 Å². The highest BCUT2D eigenvalue weighted by Crippen LogP contribution is 2.30. The van der Waals surface area contributed by atoms with Crippen molar-refractivity contribution >= 4 is 22.3 Å². The first-order valence-corrected chi connectivity index (χ1v) is 7.68. The van der Waals surface area contributed by atoms with Gasteiger partial charge in [0.2, 0.25) is 0 Å². The Morgan fingerprint density at radius 2 is 1.71 bits per heavy atom. The van der Waals surface area contributed by atoms with Crippen molar-refractivity contribution in [3.63, 3.8) is 0 Å². The molecule has 0 atom stereocenters. The molecule has 0 amide bonds. The third-order valence-corrected chi connectivity index (χ3v) is 3.98. The summed E-state index contributed by atoms with van der Waals surface area (Å²) in [6.45, 7) is 6.80. The molecule has 0 aromatic heterocycles. The van der Waals surface area contributed by atoms with Crippen LogP contribution in [0.3, 0.4) is 0 Å². The molecule has 24 heavy (non-hydrogen) atoms. The molecule has 4 heteroatoms. The van der Waals surface area contributed by atoms with Crippen LogP contribution in [-0.2, 0) is 9.47 Å². The molecule has 0 spiro atoms. The molecule has 2 aromatic rings. The second kappa shape index (κ2) is 6.62. The normalized spacial score (nSPS) is 15.0. The number of benzene rings is 2. The van der Waals surface area contributed by atoms with E-state index in [0.717, 1.165) is 22.3 Å².